The smallest absolute Gasteiger partial charge is 0.137 e. The number of nitrogens with zero attached hydrogens (tertiary/aromatic N) is 2. The van der Waals surface area contributed by atoms with E-state index in [0.717, 1.165) is 44.8 Å². The lowest BCUT2D eigenvalue weighted by atomic mass is 10.1. The highest BCUT2D eigenvalue weighted by Crippen LogP contribution is 2.26. The summed E-state index contributed by atoms with van der Waals surface area (Å²) in [7, 11) is 4.06. The molecule has 0 atom stereocenters. The van der Waals surface area contributed by atoms with Crippen molar-refractivity contribution in [3.05, 3.63) is 83.7 Å². The molecule has 152 valence electrons. The number of anilines is 1. The molecule has 0 spiro atoms. The van der Waals surface area contributed by atoms with Crippen molar-refractivity contribution in [2.24, 2.45) is 4.99 Å². The Labute approximate surface area is 177 Å². The monoisotopic (exact) mass is 398 g/mol. The molecule has 0 bridgehead atoms. The molecular formula is C26H26N2O2. The highest BCUT2D eigenvalue weighted by atomic mass is 16.5. The molecular weight excluding hydrogens is 372 g/mol. The second-order valence-corrected chi connectivity index (χ2v) is 7.48. The number of hydrogen-bond donors (Lipinski definition) is 0. The fourth-order valence-corrected chi connectivity index (χ4v) is 3.32. The number of rotatable bonds is 5. The number of fused-ring (bicyclic) bond motifs is 1. The predicted molar refractivity (Wildman–Crippen MR) is 124 cm³/mol. The van der Waals surface area contributed by atoms with Crippen LogP contribution in [-0.4, -0.2) is 20.7 Å². The zero-order chi connectivity index (χ0) is 21.1. The molecule has 4 aromatic rings. The van der Waals surface area contributed by atoms with E-state index in [0.29, 0.717) is 6.61 Å². The van der Waals surface area contributed by atoms with E-state index < -0.39 is 0 Å². The normalized spacial score (nSPS) is 11.7. The molecule has 4 nitrogen and oxygen atoms in total. The lowest BCUT2D eigenvalue weighted by molar-refractivity contribution is 0.340. The van der Waals surface area contributed by atoms with Gasteiger partial charge in [-0.1, -0.05) is 29.8 Å². The Morgan fingerprint density at radius 2 is 1.63 bits per heavy atom. The molecule has 30 heavy (non-hydrogen) atoms. The van der Waals surface area contributed by atoms with E-state index in [4.69, 9.17) is 14.1 Å². The molecule has 0 unspecified atom stereocenters. The zero-order valence-corrected chi connectivity index (χ0v) is 17.8. The maximum atomic E-state index is 6.23. The zero-order valence-electron chi connectivity index (χ0n) is 17.8. The van der Waals surface area contributed by atoms with Crippen LogP contribution in [0.15, 0.2) is 82.2 Å². The molecule has 4 rings (SSSR count). The van der Waals surface area contributed by atoms with Crippen LogP contribution in [0.4, 0.5) is 11.4 Å². The van der Waals surface area contributed by atoms with E-state index >= 15 is 0 Å². The van der Waals surface area contributed by atoms with Crippen LogP contribution in [0.1, 0.15) is 12.5 Å². The third-order valence-electron chi connectivity index (χ3n) is 4.98. The molecule has 3 aromatic carbocycles. The van der Waals surface area contributed by atoms with Crippen molar-refractivity contribution >= 4 is 22.3 Å². The summed E-state index contributed by atoms with van der Waals surface area (Å²) in [4.78, 5) is 7.01. The average Bonchev–Trinajstić information content (AvgIpc) is 2.75. The van der Waals surface area contributed by atoms with Crippen LogP contribution >= 0.6 is 0 Å². The van der Waals surface area contributed by atoms with E-state index in [1.807, 2.05) is 57.4 Å². The Kier molecular flexibility index (Phi) is 5.57. The SMILES string of the molecule is CCOc1ccc2oc(-c3ccc(C)cc3)cc(=Nc3ccc(N(C)C)cc3)c2c1. The van der Waals surface area contributed by atoms with Gasteiger partial charge in [-0.2, -0.15) is 0 Å². The first-order valence-electron chi connectivity index (χ1n) is 10.1. The van der Waals surface area contributed by atoms with Gasteiger partial charge in [0.05, 0.1) is 17.7 Å². The van der Waals surface area contributed by atoms with Crippen LogP contribution in [0.25, 0.3) is 22.3 Å². The van der Waals surface area contributed by atoms with Crippen LogP contribution in [-0.2, 0) is 0 Å². The van der Waals surface area contributed by atoms with Gasteiger partial charge in [0.15, 0.2) is 0 Å². The van der Waals surface area contributed by atoms with Gasteiger partial charge in [-0.25, -0.2) is 4.99 Å². The summed E-state index contributed by atoms with van der Waals surface area (Å²) in [6.07, 6.45) is 0. The summed E-state index contributed by atoms with van der Waals surface area (Å²) in [5.41, 5.74) is 5.05. The van der Waals surface area contributed by atoms with E-state index in [1.54, 1.807) is 0 Å². The van der Waals surface area contributed by atoms with Crippen molar-refractivity contribution in [3.63, 3.8) is 0 Å². The van der Waals surface area contributed by atoms with Gasteiger partial charge in [-0.05, 0) is 56.3 Å². The van der Waals surface area contributed by atoms with E-state index in [9.17, 15) is 0 Å². The van der Waals surface area contributed by atoms with E-state index in [-0.39, 0.29) is 0 Å². The van der Waals surface area contributed by atoms with E-state index in [2.05, 4.69) is 48.2 Å². The molecule has 0 N–H and O–H groups in total. The van der Waals surface area contributed by atoms with Crippen molar-refractivity contribution in [3.8, 4) is 17.1 Å². The summed E-state index contributed by atoms with van der Waals surface area (Å²) in [5, 5.41) is 1.78. The van der Waals surface area contributed by atoms with Crippen molar-refractivity contribution in [1.29, 1.82) is 0 Å². The minimum absolute atomic E-state index is 0.614. The maximum absolute atomic E-state index is 6.23. The Morgan fingerprint density at radius 3 is 2.30 bits per heavy atom. The molecule has 1 heterocycles. The summed E-state index contributed by atoms with van der Waals surface area (Å²) in [5.74, 6) is 1.60. The number of ether oxygens (including phenoxy) is 1. The molecule has 0 saturated heterocycles. The van der Waals surface area contributed by atoms with Gasteiger partial charge in [0, 0.05) is 36.8 Å². The molecule has 0 aliphatic rings. The predicted octanol–water partition coefficient (Wildman–Crippen LogP) is 6.11. The largest absolute Gasteiger partial charge is 0.494 e. The Hall–Kier alpha value is -3.53. The van der Waals surface area contributed by atoms with Gasteiger partial charge in [0.25, 0.3) is 0 Å². The van der Waals surface area contributed by atoms with Gasteiger partial charge in [0.2, 0.25) is 0 Å². The first-order chi connectivity index (χ1) is 14.5. The molecule has 0 aliphatic heterocycles. The second-order valence-electron chi connectivity index (χ2n) is 7.48. The molecule has 0 aliphatic carbocycles. The van der Waals surface area contributed by atoms with Gasteiger partial charge in [-0.3, -0.25) is 0 Å². The van der Waals surface area contributed by atoms with Gasteiger partial charge in [0.1, 0.15) is 17.1 Å². The van der Waals surface area contributed by atoms with Gasteiger partial charge < -0.3 is 14.1 Å². The van der Waals surface area contributed by atoms with Crippen molar-refractivity contribution in [2.45, 2.75) is 13.8 Å². The summed E-state index contributed by atoms with van der Waals surface area (Å²) in [6, 6.07) is 24.4. The fourth-order valence-electron chi connectivity index (χ4n) is 3.32. The minimum atomic E-state index is 0.614. The third kappa shape index (κ3) is 4.23. The third-order valence-corrected chi connectivity index (χ3v) is 4.98. The fraction of sp³-hybridized carbons (Fsp3) is 0.192. The lowest BCUT2D eigenvalue weighted by Gasteiger charge is -2.11. The maximum Gasteiger partial charge on any atom is 0.137 e. The van der Waals surface area contributed by atoms with Gasteiger partial charge in [-0.15, -0.1) is 0 Å². The van der Waals surface area contributed by atoms with Crippen LogP contribution in [0.3, 0.4) is 0 Å². The minimum Gasteiger partial charge on any atom is -0.494 e. The van der Waals surface area contributed by atoms with Crippen LogP contribution in [0.5, 0.6) is 5.75 Å². The Bertz CT molecular complexity index is 1220. The molecule has 0 amide bonds. The highest BCUT2D eigenvalue weighted by Gasteiger charge is 2.08. The molecule has 0 radical (unpaired) electrons. The quantitative estimate of drug-likeness (QED) is 0.407. The molecule has 0 fully saturated rings. The van der Waals surface area contributed by atoms with Crippen LogP contribution < -0.4 is 15.0 Å². The topological polar surface area (TPSA) is 38.0 Å². The number of hydrogen-bond acceptors (Lipinski definition) is 4. The number of benzene rings is 3. The van der Waals surface area contributed by atoms with E-state index in [1.165, 1.54) is 5.56 Å². The van der Waals surface area contributed by atoms with Crippen molar-refractivity contribution < 1.29 is 9.15 Å². The Morgan fingerprint density at radius 1 is 0.900 bits per heavy atom. The summed E-state index contributed by atoms with van der Waals surface area (Å²) >= 11 is 0. The summed E-state index contributed by atoms with van der Waals surface area (Å²) < 4.78 is 11.9. The first-order valence-corrected chi connectivity index (χ1v) is 10.1. The first kappa shape index (κ1) is 19.8. The Balaban J connectivity index is 1.91. The molecule has 4 heteroatoms. The lowest BCUT2D eigenvalue weighted by Crippen LogP contribution is -2.08. The average molecular weight is 399 g/mol. The summed E-state index contributed by atoms with van der Waals surface area (Å²) in [6.45, 7) is 4.67. The second kappa shape index (κ2) is 8.46. The van der Waals surface area contributed by atoms with Crippen molar-refractivity contribution in [2.75, 3.05) is 25.6 Å². The van der Waals surface area contributed by atoms with Crippen molar-refractivity contribution in [1.82, 2.24) is 0 Å². The molecule has 0 saturated carbocycles. The standard InChI is InChI=1S/C26H26N2O2/c1-5-29-22-14-15-25-23(16-22)24(27-20-10-12-21(13-11-20)28(3)4)17-26(30-25)19-8-6-18(2)7-9-19/h6-17H,5H2,1-4H3. The van der Waals surface area contributed by atoms with Crippen LogP contribution in [0, 0.1) is 6.92 Å². The van der Waals surface area contributed by atoms with Gasteiger partial charge >= 0.3 is 0 Å². The number of aryl methyl sites for hydroxylation is 1. The highest BCUT2D eigenvalue weighted by molar-refractivity contribution is 5.80. The molecule has 1 aromatic heterocycles. The van der Waals surface area contributed by atoms with Crippen LogP contribution in [0.2, 0.25) is 0 Å².